The van der Waals surface area contributed by atoms with E-state index in [4.69, 9.17) is 28.0 Å². The van der Waals surface area contributed by atoms with Gasteiger partial charge < -0.3 is 19.9 Å². The summed E-state index contributed by atoms with van der Waals surface area (Å²) in [5, 5.41) is 2.20. The van der Waals surface area contributed by atoms with Gasteiger partial charge in [-0.15, -0.1) is 0 Å². The first kappa shape index (κ1) is 20.3. The summed E-state index contributed by atoms with van der Waals surface area (Å²) in [7, 11) is -0.807. The molecule has 142 valence electrons. The molecule has 0 bridgehead atoms. The fourth-order valence-corrected chi connectivity index (χ4v) is 3.45. The smallest absolute Gasteiger partial charge is 0.215 e. The van der Waals surface area contributed by atoms with E-state index < -0.39 is 10.4 Å². The minimum atomic E-state index is -4.92. The summed E-state index contributed by atoms with van der Waals surface area (Å²) in [6.45, 7) is 2.59. The Kier molecular flexibility index (Phi) is 6.37. The van der Waals surface area contributed by atoms with Crippen LogP contribution in [0.5, 0.6) is 5.75 Å². The third kappa shape index (κ3) is 5.51. The van der Waals surface area contributed by atoms with Crippen molar-refractivity contribution in [3.05, 3.63) is 30.3 Å². The highest BCUT2D eigenvalue weighted by molar-refractivity contribution is 7.99. The van der Waals surface area contributed by atoms with Gasteiger partial charge >= 0.3 is 0 Å². The van der Waals surface area contributed by atoms with Crippen molar-refractivity contribution in [3.63, 3.8) is 0 Å². The summed E-state index contributed by atoms with van der Waals surface area (Å²) in [6.07, 6.45) is 0. The highest BCUT2D eigenvalue weighted by Gasteiger charge is 2.23. The molecule has 0 saturated heterocycles. The van der Waals surface area contributed by atoms with Gasteiger partial charge in [0.05, 0.1) is 22.1 Å². The molecular formula is C16H21N3O5S2. The predicted octanol–water partition coefficient (Wildman–Crippen LogP) is 1.73. The van der Waals surface area contributed by atoms with Gasteiger partial charge in [-0.2, -0.15) is 0 Å². The Balaban J connectivity index is 0.000000431. The lowest BCUT2D eigenvalue weighted by Gasteiger charge is -2.20. The number of fused-ring (bicyclic) bond motifs is 2. The number of nitrogens with zero attached hydrogens (tertiary/aromatic N) is 1. The van der Waals surface area contributed by atoms with Crippen molar-refractivity contribution in [1.29, 1.82) is 0 Å². The molecule has 0 atom stereocenters. The highest BCUT2D eigenvalue weighted by Crippen LogP contribution is 2.43. The zero-order valence-electron chi connectivity index (χ0n) is 14.6. The van der Waals surface area contributed by atoms with Crippen LogP contribution in [-0.2, 0) is 10.4 Å². The third-order valence-corrected chi connectivity index (χ3v) is 4.63. The van der Waals surface area contributed by atoms with Crippen molar-refractivity contribution in [2.45, 2.75) is 16.7 Å². The van der Waals surface area contributed by atoms with Gasteiger partial charge in [0.25, 0.3) is 0 Å². The minimum absolute atomic E-state index is 0.624. The van der Waals surface area contributed by atoms with Gasteiger partial charge in [0, 0.05) is 31.9 Å². The molecule has 2 aromatic carbocycles. The van der Waals surface area contributed by atoms with E-state index in [1.54, 1.807) is 11.8 Å². The molecule has 2 aromatic rings. The molecule has 0 amide bonds. The van der Waals surface area contributed by atoms with E-state index in [1.165, 1.54) is 26.9 Å². The normalized spacial score (nSPS) is 12.3. The summed E-state index contributed by atoms with van der Waals surface area (Å²) >= 11 is 1.76. The van der Waals surface area contributed by atoms with Crippen LogP contribution in [0, 0.1) is 0 Å². The van der Waals surface area contributed by atoms with Crippen LogP contribution >= 0.6 is 11.8 Å². The van der Waals surface area contributed by atoms with Gasteiger partial charge in [-0.05, 0) is 25.1 Å². The molecule has 10 heteroatoms. The number of nitrogen functional groups attached to an aromatic ring is 1. The molecule has 8 nitrogen and oxygen atoms in total. The van der Waals surface area contributed by atoms with Gasteiger partial charge in [-0.25, -0.2) is 8.42 Å². The molecular weight excluding hydrogens is 378 g/mol. The summed E-state index contributed by atoms with van der Waals surface area (Å²) in [4.78, 5) is 4.56. The highest BCUT2D eigenvalue weighted by atomic mass is 32.3. The molecule has 1 heterocycles. The Bertz CT molecular complexity index is 893. The Morgan fingerprint density at radius 1 is 1.23 bits per heavy atom. The maximum Gasteiger partial charge on any atom is 0.215 e. The molecule has 3 rings (SSSR count). The lowest BCUT2D eigenvalue weighted by Crippen LogP contribution is -2.72. The first-order valence-electron chi connectivity index (χ1n) is 7.67. The van der Waals surface area contributed by atoms with E-state index in [-0.39, 0.29) is 0 Å². The zero-order valence-corrected chi connectivity index (χ0v) is 16.2. The van der Waals surface area contributed by atoms with Crippen LogP contribution in [-0.4, -0.2) is 38.2 Å². The van der Waals surface area contributed by atoms with Crippen LogP contribution in [0.1, 0.15) is 6.92 Å². The molecule has 1 aliphatic heterocycles. The van der Waals surface area contributed by atoms with E-state index in [1.807, 2.05) is 19.1 Å². The number of hydrogen-bond acceptors (Lipinski definition) is 7. The lowest BCUT2D eigenvalue weighted by molar-refractivity contribution is -0.485. The molecule has 5 N–H and O–H groups in total. The molecule has 26 heavy (non-hydrogen) atoms. The topological polar surface area (TPSA) is 133 Å². The third-order valence-electron chi connectivity index (χ3n) is 3.49. The summed E-state index contributed by atoms with van der Waals surface area (Å²) in [5.74, 6) is 0.765. The average Bonchev–Trinajstić information content (AvgIpc) is 2.52. The molecule has 0 radical (unpaired) electrons. The monoisotopic (exact) mass is 399 g/mol. The molecule has 0 fully saturated rings. The first-order chi connectivity index (χ1) is 12.1. The number of anilines is 2. The molecule has 0 unspecified atom stereocenters. The second-order valence-corrected chi connectivity index (χ2v) is 7.59. The number of nitrogens with two attached hydrogens (primary N) is 2. The van der Waals surface area contributed by atoms with Crippen molar-refractivity contribution in [2.75, 3.05) is 31.3 Å². The lowest BCUT2D eigenvalue weighted by atomic mass is 10.2. The van der Waals surface area contributed by atoms with E-state index in [2.05, 4.69) is 42.5 Å². The fraction of sp³-hybridized carbons (Fsp3) is 0.250. The molecule has 0 aliphatic carbocycles. The SMILES string of the molecule is CCOc1cc2c(cc1N)Sc1cc(N(C)C)ccc1[NH2+]2.O=S(=O)([O-])O. The second-order valence-electron chi connectivity index (χ2n) is 5.65. The van der Waals surface area contributed by atoms with E-state index >= 15 is 0 Å². The van der Waals surface area contributed by atoms with Crippen molar-refractivity contribution in [3.8, 4) is 5.75 Å². The number of quaternary nitrogens is 1. The first-order valence-corrected chi connectivity index (χ1v) is 9.85. The van der Waals surface area contributed by atoms with Crippen LogP contribution in [0.4, 0.5) is 22.7 Å². The number of hydrogen-bond donors (Lipinski definition) is 3. The number of rotatable bonds is 3. The number of ether oxygens (including phenoxy) is 1. The Morgan fingerprint density at radius 3 is 2.42 bits per heavy atom. The Morgan fingerprint density at radius 2 is 1.85 bits per heavy atom. The van der Waals surface area contributed by atoms with Gasteiger partial charge in [0.2, 0.25) is 10.4 Å². The van der Waals surface area contributed by atoms with Gasteiger partial charge in [-0.1, -0.05) is 11.8 Å². The fourth-order valence-electron chi connectivity index (χ4n) is 2.37. The van der Waals surface area contributed by atoms with Gasteiger partial charge in [0.15, 0.2) is 5.69 Å². The standard InChI is InChI=1S/C16H19N3OS.H2O4S/c1-4-20-14-9-13-16(8-11(14)17)21-15-7-10(19(2)3)5-6-12(15)18-13;1-5(2,3)4/h5-9,18H,4,17H2,1-3H3;(H2,1,2,3,4). The van der Waals surface area contributed by atoms with Crippen molar-refractivity contribution in [1.82, 2.24) is 0 Å². The summed E-state index contributed by atoms with van der Waals surface area (Å²) in [5.41, 5.74) is 10.4. The van der Waals surface area contributed by atoms with Crippen LogP contribution in [0.3, 0.4) is 0 Å². The van der Waals surface area contributed by atoms with E-state index in [9.17, 15) is 0 Å². The van der Waals surface area contributed by atoms with Crippen molar-refractivity contribution < 1.29 is 27.6 Å². The van der Waals surface area contributed by atoms with Gasteiger partial charge in [-0.3, -0.25) is 9.87 Å². The maximum absolute atomic E-state index is 8.63. The number of benzene rings is 2. The molecule has 1 aliphatic rings. The Labute approximate surface area is 156 Å². The van der Waals surface area contributed by atoms with Crippen LogP contribution in [0.25, 0.3) is 0 Å². The van der Waals surface area contributed by atoms with Crippen LogP contribution in [0.15, 0.2) is 40.1 Å². The average molecular weight is 399 g/mol. The second kappa shape index (κ2) is 8.14. The summed E-state index contributed by atoms with van der Waals surface area (Å²) < 4.78 is 38.4. The quantitative estimate of drug-likeness (QED) is 0.344. The minimum Gasteiger partial charge on any atom is -0.726 e. The van der Waals surface area contributed by atoms with Crippen LogP contribution < -0.4 is 20.7 Å². The zero-order chi connectivity index (χ0) is 19.5. The van der Waals surface area contributed by atoms with Crippen LogP contribution in [0.2, 0.25) is 0 Å². The molecule has 0 saturated carbocycles. The largest absolute Gasteiger partial charge is 0.726 e. The summed E-state index contributed by atoms with van der Waals surface area (Å²) in [6, 6.07) is 10.6. The van der Waals surface area contributed by atoms with E-state index in [0.29, 0.717) is 12.3 Å². The predicted molar refractivity (Wildman–Crippen MR) is 100 cm³/mol. The van der Waals surface area contributed by atoms with Gasteiger partial charge in [0.1, 0.15) is 11.4 Å². The molecule has 0 spiro atoms. The maximum atomic E-state index is 8.63. The van der Waals surface area contributed by atoms with E-state index in [0.717, 1.165) is 5.75 Å². The Hall–Kier alpha value is -1.98. The van der Waals surface area contributed by atoms with Crippen molar-refractivity contribution in [2.24, 2.45) is 0 Å². The molecule has 0 aromatic heterocycles. The van der Waals surface area contributed by atoms with Crippen molar-refractivity contribution >= 4 is 44.9 Å².